The summed E-state index contributed by atoms with van der Waals surface area (Å²) in [6.07, 6.45) is 9.66. The van der Waals surface area contributed by atoms with E-state index in [0.717, 1.165) is 6.04 Å². The van der Waals surface area contributed by atoms with Crippen molar-refractivity contribution in [1.29, 1.82) is 0 Å². The monoisotopic (exact) mass is 267 g/mol. The maximum Gasteiger partial charge on any atom is 0.0685 e. The highest BCUT2D eigenvalue weighted by Gasteiger charge is 2.31. The SMILES string of the molecule is CN1C2C=C(c3ccc4cnn(C)c4c3)CC1CCC2. The largest absolute Gasteiger partial charge is 0.297 e. The Bertz CT molecular complexity index is 683. The van der Waals surface area contributed by atoms with Gasteiger partial charge in [0.25, 0.3) is 0 Å². The maximum atomic E-state index is 4.34. The molecule has 0 radical (unpaired) electrons. The zero-order chi connectivity index (χ0) is 13.7. The molecular formula is C17H21N3. The van der Waals surface area contributed by atoms with Crippen LogP contribution in [0.15, 0.2) is 30.5 Å². The van der Waals surface area contributed by atoms with E-state index >= 15 is 0 Å². The fourth-order valence-corrected chi connectivity index (χ4v) is 3.80. The lowest BCUT2D eigenvalue weighted by Gasteiger charge is -2.42. The molecule has 104 valence electrons. The number of nitrogens with zero attached hydrogens (tertiary/aromatic N) is 3. The van der Waals surface area contributed by atoms with Gasteiger partial charge in [0.1, 0.15) is 0 Å². The Balaban J connectivity index is 1.77. The van der Waals surface area contributed by atoms with Crippen molar-refractivity contribution in [2.75, 3.05) is 7.05 Å². The quantitative estimate of drug-likeness (QED) is 0.791. The smallest absolute Gasteiger partial charge is 0.0685 e. The average Bonchev–Trinajstić information content (AvgIpc) is 2.80. The zero-order valence-corrected chi connectivity index (χ0v) is 12.2. The Labute approximate surface area is 119 Å². The second-order valence-electron chi connectivity index (χ2n) is 6.26. The molecule has 2 aliphatic rings. The minimum atomic E-state index is 0.639. The van der Waals surface area contributed by atoms with Gasteiger partial charge in [0.2, 0.25) is 0 Å². The first-order chi connectivity index (χ1) is 9.72. The Hall–Kier alpha value is -1.61. The Morgan fingerprint density at radius 3 is 2.95 bits per heavy atom. The van der Waals surface area contributed by atoms with E-state index in [2.05, 4.69) is 41.3 Å². The summed E-state index contributed by atoms with van der Waals surface area (Å²) in [5.41, 5.74) is 4.14. The van der Waals surface area contributed by atoms with E-state index in [9.17, 15) is 0 Å². The number of fused-ring (bicyclic) bond motifs is 3. The van der Waals surface area contributed by atoms with Gasteiger partial charge in [0.05, 0.1) is 11.7 Å². The van der Waals surface area contributed by atoms with Crippen LogP contribution in [-0.2, 0) is 7.05 Å². The third-order valence-electron chi connectivity index (χ3n) is 5.11. The van der Waals surface area contributed by atoms with E-state index in [4.69, 9.17) is 0 Å². The summed E-state index contributed by atoms with van der Waals surface area (Å²) in [6.45, 7) is 0. The first kappa shape index (κ1) is 12.2. The molecule has 1 aromatic heterocycles. The van der Waals surface area contributed by atoms with Gasteiger partial charge in [-0.3, -0.25) is 9.58 Å². The Morgan fingerprint density at radius 1 is 1.20 bits per heavy atom. The van der Waals surface area contributed by atoms with Crippen molar-refractivity contribution in [2.45, 2.75) is 37.8 Å². The number of benzene rings is 1. The summed E-state index contributed by atoms with van der Waals surface area (Å²) in [6, 6.07) is 8.13. The first-order valence-corrected chi connectivity index (χ1v) is 7.57. The normalized spacial score (nSPS) is 26.8. The molecule has 2 aliphatic heterocycles. The van der Waals surface area contributed by atoms with Crippen molar-refractivity contribution >= 4 is 16.5 Å². The summed E-state index contributed by atoms with van der Waals surface area (Å²) in [5, 5.41) is 5.57. The fourth-order valence-electron chi connectivity index (χ4n) is 3.80. The maximum absolute atomic E-state index is 4.34. The lowest BCUT2D eigenvalue weighted by Crippen LogP contribution is -2.45. The molecule has 1 fully saturated rings. The molecule has 0 amide bonds. The fraction of sp³-hybridized carbons (Fsp3) is 0.471. The topological polar surface area (TPSA) is 21.1 Å². The third kappa shape index (κ3) is 1.80. The molecule has 2 atom stereocenters. The summed E-state index contributed by atoms with van der Waals surface area (Å²) < 4.78 is 1.97. The van der Waals surface area contributed by atoms with E-state index in [1.165, 1.54) is 47.7 Å². The highest BCUT2D eigenvalue weighted by atomic mass is 15.2. The molecular weight excluding hydrogens is 246 g/mol. The molecule has 1 aromatic carbocycles. The van der Waals surface area contributed by atoms with E-state index in [1.54, 1.807) is 0 Å². The number of likely N-dealkylation sites (N-methyl/N-ethyl adjacent to an activating group) is 1. The number of aromatic nitrogens is 2. The van der Waals surface area contributed by atoms with E-state index < -0.39 is 0 Å². The highest BCUT2D eigenvalue weighted by Crippen LogP contribution is 2.36. The van der Waals surface area contributed by atoms with Crippen molar-refractivity contribution in [3.05, 3.63) is 36.0 Å². The van der Waals surface area contributed by atoms with E-state index in [1.807, 2.05) is 17.9 Å². The van der Waals surface area contributed by atoms with Gasteiger partial charge in [-0.15, -0.1) is 0 Å². The van der Waals surface area contributed by atoms with Crippen molar-refractivity contribution in [3.8, 4) is 0 Å². The lowest BCUT2D eigenvalue weighted by molar-refractivity contribution is 0.137. The minimum absolute atomic E-state index is 0.639. The molecule has 20 heavy (non-hydrogen) atoms. The van der Waals surface area contributed by atoms with Crippen LogP contribution in [0.3, 0.4) is 0 Å². The van der Waals surface area contributed by atoms with Crippen LogP contribution in [0.2, 0.25) is 0 Å². The number of piperidine rings is 1. The van der Waals surface area contributed by atoms with Gasteiger partial charge in [0.15, 0.2) is 0 Å². The van der Waals surface area contributed by atoms with Gasteiger partial charge in [0, 0.05) is 24.5 Å². The molecule has 4 rings (SSSR count). The zero-order valence-electron chi connectivity index (χ0n) is 12.2. The van der Waals surface area contributed by atoms with Gasteiger partial charge >= 0.3 is 0 Å². The number of rotatable bonds is 1. The third-order valence-corrected chi connectivity index (χ3v) is 5.11. The van der Waals surface area contributed by atoms with E-state index in [-0.39, 0.29) is 0 Å². The van der Waals surface area contributed by atoms with Crippen LogP contribution in [0, 0.1) is 0 Å². The molecule has 0 spiro atoms. The van der Waals surface area contributed by atoms with Crippen LogP contribution < -0.4 is 0 Å². The van der Waals surface area contributed by atoms with Crippen LogP contribution in [0.1, 0.15) is 31.2 Å². The van der Waals surface area contributed by atoms with Crippen molar-refractivity contribution < 1.29 is 0 Å². The molecule has 0 saturated carbocycles. The summed E-state index contributed by atoms with van der Waals surface area (Å²) >= 11 is 0. The number of hydrogen-bond acceptors (Lipinski definition) is 2. The average molecular weight is 267 g/mol. The lowest BCUT2D eigenvalue weighted by atomic mass is 9.83. The van der Waals surface area contributed by atoms with Gasteiger partial charge in [-0.05, 0) is 43.5 Å². The van der Waals surface area contributed by atoms with Gasteiger partial charge in [-0.25, -0.2) is 0 Å². The van der Waals surface area contributed by atoms with Crippen LogP contribution in [0.5, 0.6) is 0 Å². The molecule has 2 bridgehead atoms. The van der Waals surface area contributed by atoms with Gasteiger partial charge in [-0.2, -0.15) is 5.10 Å². The second kappa shape index (κ2) is 4.45. The van der Waals surface area contributed by atoms with Crippen LogP contribution in [0.25, 0.3) is 16.5 Å². The standard InChI is InChI=1S/C17H21N3/c1-19-15-4-3-5-16(19)9-14(8-15)12-6-7-13-11-18-20(2)17(13)10-12/h6-8,10-11,15-16H,3-5,9H2,1-2H3. The molecule has 3 nitrogen and oxygen atoms in total. The Kier molecular flexibility index (Phi) is 2.71. The van der Waals surface area contributed by atoms with Crippen LogP contribution in [-0.4, -0.2) is 33.8 Å². The molecule has 0 N–H and O–H groups in total. The van der Waals surface area contributed by atoms with Crippen LogP contribution >= 0.6 is 0 Å². The molecule has 2 aromatic rings. The van der Waals surface area contributed by atoms with Crippen molar-refractivity contribution in [2.24, 2.45) is 7.05 Å². The Morgan fingerprint density at radius 2 is 2.10 bits per heavy atom. The van der Waals surface area contributed by atoms with E-state index in [0.29, 0.717) is 6.04 Å². The summed E-state index contributed by atoms with van der Waals surface area (Å²) in [7, 11) is 4.30. The number of hydrogen-bond donors (Lipinski definition) is 0. The molecule has 2 unspecified atom stereocenters. The molecule has 3 heteroatoms. The van der Waals surface area contributed by atoms with Gasteiger partial charge in [-0.1, -0.05) is 24.6 Å². The first-order valence-electron chi connectivity index (χ1n) is 7.57. The summed E-state index contributed by atoms with van der Waals surface area (Å²) in [4.78, 5) is 2.57. The minimum Gasteiger partial charge on any atom is -0.297 e. The summed E-state index contributed by atoms with van der Waals surface area (Å²) in [5.74, 6) is 0. The predicted octanol–water partition coefficient (Wildman–Crippen LogP) is 3.21. The highest BCUT2D eigenvalue weighted by molar-refractivity contribution is 5.83. The predicted molar refractivity (Wildman–Crippen MR) is 82.5 cm³/mol. The van der Waals surface area contributed by atoms with Gasteiger partial charge < -0.3 is 0 Å². The molecule has 0 aliphatic carbocycles. The van der Waals surface area contributed by atoms with Crippen LogP contribution in [0.4, 0.5) is 0 Å². The number of aryl methyl sites for hydroxylation is 1. The molecule has 1 saturated heterocycles. The second-order valence-corrected chi connectivity index (χ2v) is 6.26. The molecule has 3 heterocycles. The van der Waals surface area contributed by atoms with Crippen molar-refractivity contribution in [3.63, 3.8) is 0 Å². The van der Waals surface area contributed by atoms with Crippen molar-refractivity contribution in [1.82, 2.24) is 14.7 Å².